The number of hydrogen-bond donors (Lipinski definition) is 5. The van der Waals surface area contributed by atoms with Gasteiger partial charge in [0.2, 0.25) is 11.8 Å². The molecule has 10 heteroatoms. The summed E-state index contributed by atoms with van der Waals surface area (Å²) in [5, 5.41) is 29.7. The molecule has 0 aliphatic rings. The average molecular weight is 287 g/mol. The number of aliphatic hydroxyl groups excluding tert-OH is 1. The second-order valence-electron chi connectivity index (χ2n) is 4.21. The number of nitrogens with zero attached hydrogens (tertiary/aromatic N) is 2. The highest BCUT2D eigenvalue weighted by Gasteiger charge is 2.25. The molecule has 20 heavy (non-hydrogen) atoms. The number of rotatable bonds is 6. The third-order valence-corrected chi connectivity index (χ3v) is 2.31. The summed E-state index contributed by atoms with van der Waals surface area (Å²) in [7, 11) is 0. The molecule has 0 spiro atoms. The van der Waals surface area contributed by atoms with Crippen molar-refractivity contribution in [2.24, 2.45) is 5.73 Å². The van der Waals surface area contributed by atoms with E-state index in [9.17, 15) is 14.7 Å². The van der Waals surface area contributed by atoms with Crippen molar-refractivity contribution in [3.8, 4) is 0 Å². The zero-order chi connectivity index (χ0) is 15.3. The van der Waals surface area contributed by atoms with Crippen molar-refractivity contribution in [3.05, 3.63) is 11.8 Å². The van der Waals surface area contributed by atoms with Gasteiger partial charge < -0.3 is 31.0 Å². The summed E-state index contributed by atoms with van der Waals surface area (Å²) >= 11 is 0. The number of carboxylic acids is 1. The van der Waals surface area contributed by atoms with Gasteiger partial charge in [-0.15, -0.1) is 10.2 Å². The number of aliphatic carboxylic acids is 1. The lowest BCUT2D eigenvalue weighted by Gasteiger charge is -2.16. The van der Waals surface area contributed by atoms with Gasteiger partial charge in [0.15, 0.2) is 6.04 Å². The van der Waals surface area contributed by atoms with Crippen LogP contribution in [0.5, 0.6) is 0 Å². The maximum Gasteiger partial charge on any atom is 0.328 e. The Morgan fingerprint density at radius 1 is 1.40 bits per heavy atom. The number of carbonyl (C=O) groups is 2. The predicted octanol–water partition coefficient (Wildman–Crippen LogP) is -1.28. The van der Waals surface area contributed by atoms with Gasteiger partial charge in [0.05, 0.1) is 18.7 Å². The van der Waals surface area contributed by atoms with Crippen molar-refractivity contribution in [2.45, 2.75) is 38.6 Å². The van der Waals surface area contributed by atoms with E-state index in [2.05, 4.69) is 20.8 Å². The number of nitrogens with one attached hydrogen (secondary N) is 2. The lowest BCUT2D eigenvalue weighted by molar-refractivity contribution is -0.141. The first-order chi connectivity index (χ1) is 9.31. The SMILES string of the molecule is CC(N)c1nnc(CNC(=O)NC(C(=O)O)C(C)O)o1. The van der Waals surface area contributed by atoms with Crippen LogP contribution in [0.1, 0.15) is 31.7 Å². The van der Waals surface area contributed by atoms with Crippen LogP contribution in [0.4, 0.5) is 4.79 Å². The van der Waals surface area contributed by atoms with Crippen LogP contribution in [0.3, 0.4) is 0 Å². The number of nitrogens with two attached hydrogens (primary N) is 1. The van der Waals surface area contributed by atoms with Gasteiger partial charge in [-0.05, 0) is 13.8 Å². The lowest BCUT2D eigenvalue weighted by Crippen LogP contribution is -2.51. The van der Waals surface area contributed by atoms with Crippen molar-refractivity contribution in [2.75, 3.05) is 0 Å². The molecule has 0 saturated heterocycles. The molecule has 1 aromatic heterocycles. The van der Waals surface area contributed by atoms with E-state index in [0.29, 0.717) is 0 Å². The van der Waals surface area contributed by atoms with Gasteiger partial charge in [0.25, 0.3) is 0 Å². The number of carboxylic acid groups (broad SMARTS) is 1. The molecule has 0 radical (unpaired) electrons. The topological polar surface area (TPSA) is 164 Å². The molecule has 1 rings (SSSR count). The Balaban J connectivity index is 2.48. The molecule has 2 amide bonds. The molecule has 112 valence electrons. The monoisotopic (exact) mass is 287 g/mol. The van der Waals surface area contributed by atoms with Crippen LogP contribution >= 0.6 is 0 Å². The summed E-state index contributed by atoms with van der Waals surface area (Å²) in [6.07, 6.45) is -1.23. The number of aliphatic hydroxyl groups is 1. The van der Waals surface area contributed by atoms with Gasteiger partial charge in [-0.2, -0.15) is 0 Å². The van der Waals surface area contributed by atoms with Gasteiger partial charge >= 0.3 is 12.0 Å². The molecular weight excluding hydrogens is 270 g/mol. The molecule has 0 aliphatic carbocycles. The molecule has 0 aromatic carbocycles. The maximum absolute atomic E-state index is 11.5. The Morgan fingerprint density at radius 3 is 2.50 bits per heavy atom. The first kappa shape index (κ1) is 15.9. The molecule has 10 nitrogen and oxygen atoms in total. The normalized spacial score (nSPS) is 15.2. The Kier molecular flexibility index (Phi) is 5.41. The van der Waals surface area contributed by atoms with Crippen LogP contribution in [0, 0.1) is 0 Å². The molecule has 1 heterocycles. The first-order valence-electron chi connectivity index (χ1n) is 5.84. The minimum atomic E-state index is -1.41. The second-order valence-corrected chi connectivity index (χ2v) is 4.21. The minimum Gasteiger partial charge on any atom is -0.480 e. The highest BCUT2D eigenvalue weighted by atomic mass is 16.4. The summed E-state index contributed by atoms with van der Waals surface area (Å²) in [5.74, 6) is -0.974. The van der Waals surface area contributed by atoms with Crippen LogP contribution in [0.15, 0.2) is 4.42 Å². The van der Waals surface area contributed by atoms with Crippen LogP contribution in [-0.4, -0.2) is 44.6 Å². The molecule has 0 aliphatic heterocycles. The van der Waals surface area contributed by atoms with Gasteiger partial charge in [0.1, 0.15) is 0 Å². The van der Waals surface area contributed by atoms with E-state index in [-0.39, 0.29) is 18.3 Å². The molecule has 3 atom stereocenters. The highest BCUT2D eigenvalue weighted by Crippen LogP contribution is 2.06. The van der Waals surface area contributed by atoms with Gasteiger partial charge in [-0.3, -0.25) is 0 Å². The first-order valence-corrected chi connectivity index (χ1v) is 5.84. The van der Waals surface area contributed by atoms with E-state index >= 15 is 0 Å². The Labute approximate surface area is 114 Å². The van der Waals surface area contributed by atoms with Crippen LogP contribution in [0.25, 0.3) is 0 Å². The molecule has 0 bridgehead atoms. The number of urea groups is 1. The van der Waals surface area contributed by atoms with Crippen LogP contribution in [-0.2, 0) is 11.3 Å². The highest BCUT2D eigenvalue weighted by molar-refractivity contribution is 5.82. The van der Waals surface area contributed by atoms with E-state index < -0.39 is 30.2 Å². The standard InChI is InChI=1S/C10H17N5O5/c1-4(11)8-15-14-6(20-8)3-12-10(19)13-7(5(2)16)9(17)18/h4-5,7,16H,3,11H2,1-2H3,(H,17,18)(H2,12,13,19). The molecule has 0 saturated carbocycles. The third kappa shape index (κ3) is 4.48. The molecule has 6 N–H and O–H groups in total. The Morgan fingerprint density at radius 2 is 2.05 bits per heavy atom. The van der Waals surface area contributed by atoms with Crippen LogP contribution in [0.2, 0.25) is 0 Å². The second kappa shape index (κ2) is 6.82. The van der Waals surface area contributed by atoms with Gasteiger partial charge in [0, 0.05) is 0 Å². The summed E-state index contributed by atoms with van der Waals surface area (Å²) in [4.78, 5) is 22.2. The number of aromatic nitrogens is 2. The minimum absolute atomic E-state index is 0.0856. The Hall–Kier alpha value is -2.20. The lowest BCUT2D eigenvalue weighted by atomic mass is 10.2. The van der Waals surface area contributed by atoms with Crippen molar-refractivity contribution < 1.29 is 24.2 Å². The van der Waals surface area contributed by atoms with Crippen molar-refractivity contribution >= 4 is 12.0 Å². The van der Waals surface area contributed by atoms with Crippen molar-refractivity contribution in [3.63, 3.8) is 0 Å². The van der Waals surface area contributed by atoms with E-state index in [1.807, 2.05) is 0 Å². The Bertz CT molecular complexity index is 472. The van der Waals surface area contributed by atoms with E-state index in [4.69, 9.17) is 15.3 Å². The third-order valence-electron chi connectivity index (χ3n) is 2.31. The van der Waals surface area contributed by atoms with Crippen LogP contribution < -0.4 is 16.4 Å². The number of amides is 2. The fourth-order valence-electron chi connectivity index (χ4n) is 1.26. The molecule has 0 fully saturated rings. The molecular formula is C10H17N5O5. The van der Waals surface area contributed by atoms with Gasteiger partial charge in [-0.1, -0.05) is 0 Å². The fraction of sp³-hybridized carbons (Fsp3) is 0.600. The smallest absolute Gasteiger partial charge is 0.328 e. The maximum atomic E-state index is 11.5. The van der Waals surface area contributed by atoms with E-state index in [0.717, 1.165) is 0 Å². The summed E-state index contributed by atoms with van der Waals surface area (Å²) < 4.78 is 5.14. The van der Waals surface area contributed by atoms with E-state index in [1.165, 1.54) is 6.92 Å². The fourth-order valence-corrected chi connectivity index (χ4v) is 1.26. The predicted molar refractivity (Wildman–Crippen MR) is 65.4 cm³/mol. The average Bonchev–Trinajstić information content (AvgIpc) is 2.81. The van der Waals surface area contributed by atoms with Gasteiger partial charge in [-0.25, -0.2) is 9.59 Å². The zero-order valence-electron chi connectivity index (χ0n) is 11.0. The number of carbonyl (C=O) groups excluding carboxylic acids is 1. The summed E-state index contributed by atoms with van der Waals surface area (Å²) in [6, 6.07) is -2.60. The summed E-state index contributed by atoms with van der Waals surface area (Å²) in [6.45, 7) is 2.83. The zero-order valence-corrected chi connectivity index (χ0v) is 11.0. The van der Waals surface area contributed by atoms with E-state index in [1.54, 1.807) is 6.92 Å². The molecule has 1 aromatic rings. The van der Waals surface area contributed by atoms with Crippen molar-refractivity contribution in [1.29, 1.82) is 0 Å². The molecule has 3 unspecified atom stereocenters. The van der Waals surface area contributed by atoms with Crippen molar-refractivity contribution in [1.82, 2.24) is 20.8 Å². The quantitative estimate of drug-likeness (QED) is 0.432. The summed E-state index contributed by atoms with van der Waals surface area (Å²) in [5.41, 5.74) is 5.53. The number of hydrogen-bond acceptors (Lipinski definition) is 7. The largest absolute Gasteiger partial charge is 0.480 e.